The standard InChI is InChI=1S/C15H13NO4/c1-3-8-11(15(19)20-2)12(8)16-13(17)9-6-4-5-7-10(9)14(16)18/h3-8,11-12H,1H2,2H3/t8-,11+,12+/m0/s1. The number of amides is 2. The molecule has 2 amide bonds. The van der Waals surface area contributed by atoms with Gasteiger partial charge in [0.25, 0.3) is 11.8 Å². The van der Waals surface area contributed by atoms with Gasteiger partial charge in [-0.2, -0.15) is 0 Å². The first-order valence-corrected chi connectivity index (χ1v) is 6.29. The van der Waals surface area contributed by atoms with Gasteiger partial charge in [-0.25, -0.2) is 0 Å². The van der Waals surface area contributed by atoms with E-state index < -0.39 is 17.9 Å². The van der Waals surface area contributed by atoms with E-state index in [1.165, 1.54) is 12.0 Å². The molecule has 1 saturated carbocycles. The predicted molar refractivity (Wildman–Crippen MR) is 69.9 cm³/mol. The molecule has 3 rings (SSSR count). The number of fused-ring (bicyclic) bond motifs is 1. The largest absolute Gasteiger partial charge is 0.469 e. The Hall–Kier alpha value is -2.43. The van der Waals surface area contributed by atoms with Gasteiger partial charge >= 0.3 is 5.97 Å². The van der Waals surface area contributed by atoms with E-state index in [4.69, 9.17) is 4.74 Å². The second-order valence-electron chi connectivity index (χ2n) is 4.88. The van der Waals surface area contributed by atoms with E-state index in [0.717, 1.165) is 0 Å². The average Bonchev–Trinajstić information content (AvgIpc) is 3.14. The quantitative estimate of drug-likeness (QED) is 0.471. The Bertz CT molecular complexity index is 602. The summed E-state index contributed by atoms with van der Waals surface area (Å²) in [5.74, 6) is -1.86. The van der Waals surface area contributed by atoms with Crippen LogP contribution < -0.4 is 0 Å². The lowest BCUT2D eigenvalue weighted by molar-refractivity contribution is -0.142. The van der Waals surface area contributed by atoms with Crippen LogP contribution in [-0.4, -0.2) is 35.8 Å². The van der Waals surface area contributed by atoms with Crippen LogP contribution in [0, 0.1) is 11.8 Å². The molecule has 0 N–H and O–H groups in total. The minimum atomic E-state index is -0.500. The van der Waals surface area contributed by atoms with Crippen LogP contribution >= 0.6 is 0 Å². The van der Waals surface area contributed by atoms with Crippen molar-refractivity contribution in [2.45, 2.75) is 6.04 Å². The van der Waals surface area contributed by atoms with Crippen LogP contribution in [0.3, 0.4) is 0 Å². The third-order valence-corrected chi connectivity index (χ3v) is 3.91. The van der Waals surface area contributed by atoms with Gasteiger partial charge in [0.05, 0.1) is 30.2 Å². The van der Waals surface area contributed by atoms with Gasteiger partial charge in [0.2, 0.25) is 0 Å². The van der Waals surface area contributed by atoms with E-state index in [2.05, 4.69) is 6.58 Å². The fraction of sp³-hybridized carbons (Fsp3) is 0.267. The third kappa shape index (κ3) is 1.52. The number of rotatable bonds is 3. The predicted octanol–water partition coefficient (Wildman–Crippen LogP) is 1.26. The maximum absolute atomic E-state index is 12.3. The molecule has 5 heteroatoms. The van der Waals surface area contributed by atoms with Crippen molar-refractivity contribution in [2.75, 3.05) is 7.11 Å². The van der Waals surface area contributed by atoms with Crippen LogP contribution in [-0.2, 0) is 9.53 Å². The van der Waals surface area contributed by atoms with Crippen molar-refractivity contribution < 1.29 is 19.1 Å². The minimum Gasteiger partial charge on any atom is -0.469 e. The Morgan fingerprint density at radius 2 is 1.80 bits per heavy atom. The van der Waals surface area contributed by atoms with Gasteiger partial charge in [-0.15, -0.1) is 6.58 Å². The number of hydrogen-bond acceptors (Lipinski definition) is 4. The lowest BCUT2D eigenvalue weighted by Crippen LogP contribution is -2.34. The summed E-state index contributed by atoms with van der Waals surface area (Å²) < 4.78 is 4.71. The van der Waals surface area contributed by atoms with E-state index in [1.807, 2.05) is 0 Å². The zero-order valence-electron chi connectivity index (χ0n) is 10.9. The summed E-state index contributed by atoms with van der Waals surface area (Å²) in [6, 6.07) is 6.18. The first-order valence-electron chi connectivity index (χ1n) is 6.29. The molecule has 0 unspecified atom stereocenters. The third-order valence-electron chi connectivity index (χ3n) is 3.91. The number of benzene rings is 1. The smallest absolute Gasteiger partial charge is 0.311 e. The highest BCUT2D eigenvalue weighted by molar-refractivity contribution is 6.22. The number of hydrogen-bond donors (Lipinski definition) is 0. The maximum Gasteiger partial charge on any atom is 0.311 e. The van der Waals surface area contributed by atoms with E-state index in [1.54, 1.807) is 30.3 Å². The summed E-state index contributed by atoms with van der Waals surface area (Å²) in [4.78, 5) is 37.5. The fourth-order valence-corrected chi connectivity index (χ4v) is 2.85. The number of nitrogens with zero attached hydrogens (tertiary/aromatic N) is 1. The number of carbonyl (C=O) groups excluding carboxylic acids is 3. The maximum atomic E-state index is 12.3. The van der Waals surface area contributed by atoms with E-state index >= 15 is 0 Å². The molecule has 0 aromatic heterocycles. The summed E-state index contributed by atoms with van der Waals surface area (Å²) in [6.45, 7) is 3.65. The van der Waals surface area contributed by atoms with Gasteiger partial charge in [-0.1, -0.05) is 18.2 Å². The van der Waals surface area contributed by atoms with Gasteiger partial charge in [0.15, 0.2) is 0 Å². The molecule has 5 nitrogen and oxygen atoms in total. The van der Waals surface area contributed by atoms with Crippen molar-refractivity contribution >= 4 is 17.8 Å². The number of imide groups is 1. The molecule has 1 aliphatic heterocycles. The molecule has 0 saturated heterocycles. The van der Waals surface area contributed by atoms with Crippen LogP contribution in [0.5, 0.6) is 0 Å². The molecule has 2 aliphatic rings. The summed E-state index contributed by atoms with van der Waals surface area (Å²) in [6.07, 6.45) is 1.59. The Morgan fingerprint density at radius 1 is 1.25 bits per heavy atom. The summed E-state index contributed by atoms with van der Waals surface area (Å²) in [7, 11) is 1.29. The number of carbonyl (C=O) groups is 3. The second-order valence-corrected chi connectivity index (χ2v) is 4.88. The molecule has 1 aromatic carbocycles. The van der Waals surface area contributed by atoms with Crippen molar-refractivity contribution in [1.82, 2.24) is 4.90 Å². The highest BCUT2D eigenvalue weighted by Crippen LogP contribution is 2.47. The molecule has 1 fully saturated rings. The molecule has 20 heavy (non-hydrogen) atoms. The van der Waals surface area contributed by atoms with Crippen LogP contribution in [0.1, 0.15) is 20.7 Å². The molecule has 3 atom stereocenters. The van der Waals surface area contributed by atoms with Crippen LogP contribution in [0.25, 0.3) is 0 Å². The van der Waals surface area contributed by atoms with Crippen molar-refractivity contribution in [3.8, 4) is 0 Å². The highest BCUT2D eigenvalue weighted by atomic mass is 16.5. The van der Waals surface area contributed by atoms with Gasteiger partial charge in [-0.3, -0.25) is 19.3 Å². The monoisotopic (exact) mass is 271 g/mol. The normalized spacial score (nSPS) is 27.2. The minimum absolute atomic E-state index is 0.232. The van der Waals surface area contributed by atoms with Crippen LogP contribution in [0.2, 0.25) is 0 Å². The van der Waals surface area contributed by atoms with Crippen LogP contribution in [0.15, 0.2) is 36.9 Å². The fourth-order valence-electron chi connectivity index (χ4n) is 2.85. The van der Waals surface area contributed by atoms with E-state index in [0.29, 0.717) is 11.1 Å². The van der Waals surface area contributed by atoms with Crippen molar-refractivity contribution in [3.05, 3.63) is 48.0 Å². The zero-order valence-corrected chi connectivity index (χ0v) is 10.9. The molecule has 1 heterocycles. The zero-order chi connectivity index (χ0) is 14.4. The topological polar surface area (TPSA) is 63.7 Å². The molecule has 1 aromatic rings. The molecule has 0 radical (unpaired) electrons. The Balaban J connectivity index is 1.94. The second kappa shape index (κ2) is 4.30. The van der Waals surface area contributed by atoms with Crippen molar-refractivity contribution in [1.29, 1.82) is 0 Å². The first kappa shape index (κ1) is 12.6. The van der Waals surface area contributed by atoms with E-state index in [9.17, 15) is 14.4 Å². The Morgan fingerprint density at radius 3 is 2.25 bits per heavy atom. The molecular formula is C15H13NO4. The summed E-state index contributed by atoms with van der Waals surface area (Å²) in [5, 5.41) is 0. The highest BCUT2D eigenvalue weighted by Gasteiger charge is 2.61. The number of methoxy groups -OCH3 is 1. The summed E-state index contributed by atoms with van der Waals surface area (Å²) in [5.41, 5.74) is 0.770. The van der Waals surface area contributed by atoms with Crippen molar-refractivity contribution in [3.63, 3.8) is 0 Å². The number of esters is 1. The molecular weight excluding hydrogens is 258 g/mol. The Kier molecular flexibility index (Phi) is 2.71. The molecule has 0 bridgehead atoms. The van der Waals surface area contributed by atoms with Gasteiger partial charge in [0, 0.05) is 5.92 Å². The number of ether oxygens (including phenoxy) is 1. The molecule has 102 valence electrons. The Labute approximate surface area is 115 Å². The lowest BCUT2D eigenvalue weighted by atomic mass is 10.1. The van der Waals surface area contributed by atoms with Gasteiger partial charge in [-0.05, 0) is 12.1 Å². The van der Waals surface area contributed by atoms with E-state index in [-0.39, 0.29) is 17.7 Å². The average molecular weight is 271 g/mol. The molecule has 1 aliphatic carbocycles. The van der Waals surface area contributed by atoms with Crippen LogP contribution in [0.4, 0.5) is 0 Å². The van der Waals surface area contributed by atoms with Crippen molar-refractivity contribution in [2.24, 2.45) is 11.8 Å². The molecule has 0 spiro atoms. The van der Waals surface area contributed by atoms with Gasteiger partial charge in [0.1, 0.15) is 0 Å². The lowest BCUT2D eigenvalue weighted by Gasteiger charge is -2.13. The SMILES string of the molecule is C=C[C@H]1[C@@H](C(=O)OC)[C@@H]1N1C(=O)c2ccccc2C1=O. The summed E-state index contributed by atoms with van der Waals surface area (Å²) >= 11 is 0. The first-order chi connectivity index (χ1) is 9.61. The van der Waals surface area contributed by atoms with Gasteiger partial charge < -0.3 is 4.74 Å².